The molecule has 2 N–H and O–H groups in total. The minimum atomic E-state index is 0.221. The molecule has 19 heavy (non-hydrogen) atoms. The van der Waals surface area contributed by atoms with Crippen LogP contribution in [0, 0.1) is 0 Å². The first-order chi connectivity index (χ1) is 9.36. The first kappa shape index (κ1) is 12.4. The maximum atomic E-state index is 5.92. The molecule has 98 valence electrons. The van der Waals surface area contributed by atoms with E-state index in [1.165, 1.54) is 16.7 Å². The summed E-state index contributed by atoms with van der Waals surface area (Å²) in [5.41, 5.74) is 9.41. The van der Waals surface area contributed by atoms with E-state index in [4.69, 9.17) is 10.5 Å². The summed E-state index contributed by atoms with van der Waals surface area (Å²) in [5, 5.41) is 0. The smallest absolute Gasteiger partial charge is 0.0830 e. The zero-order chi connectivity index (χ0) is 13.1. The van der Waals surface area contributed by atoms with Gasteiger partial charge in [-0.15, -0.1) is 0 Å². The summed E-state index contributed by atoms with van der Waals surface area (Å²) in [6.07, 6.45) is 2.60. The molecule has 1 heterocycles. The van der Waals surface area contributed by atoms with Gasteiger partial charge in [-0.1, -0.05) is 54.6 Å². The fraction of sp³-hybridized carbons (Fsp3) is 0.294. The molecule has 2 aromatic rings. The van der Waals surface area contributed by atoms with Gasteiger partial charge in [-0.05, 0) is 29.5 Å². The molecule has 0 amide bonds. The molecule has 2 atom stereocenters. The van der Waals surface area contributed by atoms with E-state index in [0.29, 0.717) is 6.54 Å². The van der Waals surface area contributed by atoms with Crippen molar-refractivity contribution in [3.8, 4) is 11.1 Å². The molecule has 0 saturated carbocycles. The molecule has 0 spiro atoms. The van der Waals surface area contributed by atoms with Crippen LogP contribution in [0.25, 0.3) is 11.1 Å². The van der Waals surface area contributed by atoms with Crippen molar-refractivity contribution in [1.29, 1.82) is 0 Å². The number of hydrogen-bond acceptors (Lipinski definition) is 2. The number of benzene rings is 2. The van der Waals surface area contributed by atoms with Crippen LogP contribution in [0.3, 0.4) is 0 Å². The molecule has 1 saturated heterocycles. The first-order valence-corrected chi connectivity index (χ1v) is 6.88. The highest BCUT2D eigenvalue weighted by molar-refractivity contribution is 5.63. The van der Waals surface area contributed by atoms with Gasteiger partial charge < -0.3 is 10.5 Å². The van der Waals surface area contributed by atoms with Crippen molar-refractivity contribution in [3.05, 3.63) is 60.2 Å². The van der Waals surface area contributed by atoms with Crippen molar-refractivity contribution in [2.45, 2.75) is 25.0 Å². The van der Waals surface area contributed by atoms with E-state index >= 15 is 0 Å². The molecule has 1 aliphatic heterocycles. The molecule has 1 aliphatic rings. The monoisotopic (exact) mass is 253 g/mol. The first-order valence-electron chi connectivity index (χ1n) is 6.88. The molecule has 0 radical (unpaired) electrons. The molecule has 2 heteroatoms. The second-order valence-electron chi connectivity index (χ2n) is 5.05. The van der Waals surface area contributed by atoms with Crippen LogP contribution in [0.15, 0.2) is 54.6 Å². The van der Waals surface area contributed by atoms with Crippen molar-refractivity contribution in [1.82, 2.24) is 0 Å². The lowest BCUT2D eigenvalue weighted by atomic mass is 10.0. The predicted molar refractivity (Wildman–Crippen MR) is 77.8 cm³/mol. The predicted octanol–water partition coefficient (Wildman–Crippen LogP) is 3.53. The van der Waals surface area contributed by atoms with E-state index in [-0.39, 0.29) is 12.2 Å². The van der Waals surface area contributed by atoms with Crippen LogP contribution in [0.2, 0.25) is 0 Å². The quantitative estimate of drug-likeness (QED) is 0.908. The second-order valence-corrected chi connectivity index (χ2v) is 5.05. The molecular weight excluding hydrogens is 234 g/mol. The van der Waals surface area contributed by atoms with Gasteiger partial charge in [-0.2, -0.15) is 0 Å². The summed E-state index contributed by atoms with van der Waals surface area (Å²) >= 11 is 0. The minimum absolute atomic E-state index is 0.221. The van der Waals surface area contributed by atoms with Crippen LogP contribution in [0.4, 0.5) is 0 Å². The maximum Gasteiger partial charge on any atom is 0.0830 e. The third-order valence-electron chi connectivity index (χ3n) is 3.76. The van der Waals surface area contributed by atoms with Gasteiger partial charge in [-0.3, -0.25) is 0 Å². The summed E-state index contributed by atoms with van der Waals surface area (Å²) in [4.78, 5) is 0. The zero-order valence-electron chi connectivity index (χ0n) is 11.0. The van der Waals surface area contributed by atoms with Gasteiger partial charge in [0.1, 0.15) is 0 Å². The van der Waals surface area contributed by atoms with E-state index in [1.807, 2.05) is 6.07 Å². The average molecular weight is 253 g/mol. The Hall–Kier alpha value is -1.64. The van der Waals surface area contributed by atoms with Crippen LogP contribution >= 0.6 is 0 Å². The Labute approximate surface area is 114 Å². The number of nitrogens with two attached hydrogens (primary N) is 1. The highest BCUT2D eigenvalue weighted by Crippen LogP contribution is 2.33. The molecule has 0 bridgehead atoms. The van der Waals surface area contributed by atoms with Crippen molar-refractivity contribution < 1.29 is 4.74 Å². The summed E-state index contributed by atoms with van der Waals surface area (Å²) in [7, 11) is 0. The fourth-order valence-electron chi connectivity index (χ4n) is 2.65. The molecule has 0 aromatic heterocycles. The van der Waals surface area contributed by atoms with Gasteiger partial charge in [0, 0.05) is 6.54 Å². The molecule has 0 aliphatic carbocycles. The van der Waals surface area contributed by atoms with Gasteiger partial charge >= 0.3 is 0 Å². The lowest BCUT2D eigenvalue weighted by molar-refractivity contribution is 0.0498. The number of hydrogen-bond donors (Lipinski definition) is 1. The summed E-state index contributed by atoms with van der Waals surface area (Å²) in [5.74, 6) is 0. The third kappa shape index (κ3) is 2.70. The van der Waals surface area contributed by atoms with Crippen LogP contribution in [0.5, 0.6) is 0 Å². The Morgan fingerprint density at radius 3 is 2.21 bits per heavy atom. The van der Waals surface area contributed by atoms with Crippen molar-refractivity contribution in [3.63, 3.8) is 0 Å². The highest BCUT2D eigenvalue weighted by atomic mass is 16.5. The zero-order valence-corrected chi connectivity index (χ0v) is 11.0. The molecule has 2 aromatic carbocycles. The summed E-state index contributed by atoms with van der Waals surface area (Å²) < 4.78 is 5.92. The molecule has 3 rings (SSSR count). The normalized spacial score (nSPS) is 22.6. The molecule has 2 nitrogen and oxygen atoms in total. The average Bonchev–Trinajstić information content (AvgIpc) is 2.97. The number of rotatable bonds is 3. The van der Waals surface area contributed by atoms with E-state index < -0.39 is 0 Å². The molecular formula is C17H19NO. The fourth-order valence-corrected chi connectivity index (χ4v) is 2.65. The second kappa shape index (κ2) is 5.55. The standard InChI is InChI=1S/C17H19NO/c18-12-16-10-11-17(19-16)15-8-6-14(7-9-15)13-4-2-1-3-5-13/h1-9,16-17H,10-12,18H2. The van der Waals surface area contributed by atoms with Gasteiger partial charge in [0.2, 0.25) is 0 Å². The van der Waals surface area contributed by atoms with Crippen LogP contribution in [-0.2, 0) is 4.74 Å². The van der Waals surface area contributed by atoms with E-state index in [1.54, 1.807) is 0 Å². The molecule has 2 unspecified atom stereocenters. The van der Waals surface area contributed by atoms with Crippen LogP contribution in [-0.4, -0.2) is 12.6 Å². The van der Waals surface area contributed by atoms with Crippen molar-refractivity contribution >= 4 is 0 Å². The van der Waals surface area contributed by atoms with Gasteiger partial charge in [-0.25, -0.2) is 0 Å². The van der Waals surface area contributed by atoms with Crippen LogP contribution < -0.4 is 5.73 Å². The summed E-state index contributed by atoms with van der Waals surface area (Å²) in [6, 6.07) is 19.1. The van der Waals surface area contributed by atoms with Crippen molar-refractivity contribution in [2.24, 2.45) is 5.73 Å². The highest BCUT2D eigenvalue weighted by Gasteiger charge is 2.25. The largest absolute Gasteiger partial charge is 0.369 e. The maximum absolute atomic E-state index is 5.92. The van der Waals surface area contributed by atoms with Gasteiger partial charge in [0.05, 0.1) is 12.2 Å². The Balaban J connectivity index is 1.76. The topological polar surface area (TPSA) is 35.2 Å². The van der Waals surface area contributed by atoms with Crippen molar-refractivity contribution in [2.75, 3.05) is 6.54 Å². The number of ether oxygens (including phenoxy) is 1. The third-order valence-corrected chi connectivity index (χ3v) is 3.76. The Morgan fingerprint density at radius 2 is 1.58 bits per heavy atom. The van der Waals surface area contributed by atoms with E-state index in [0.717, 1.165) is 12.8 Å². The summed E-state index contributed by atoms with van der Waals surface area (Å²) in [6.45, 7) is 0.624. The Bertz CT molecular complexity index is 521. The lowest BCUT2D eigenvalue weighted by Crippen LogP contribution is -2.18. The van der Waals surface area contributed by atoms with E-state index in [2.05, 4.69) is 48.5 Å². The SMILES string of the molecule is NCC1CCC(c2ccc(-c3ccccc3)cc2)O1. The van der Waals surface area contributed by atoms with Gasteiger partial charge in [0.25, 0.3) is 0 Å². The van der Waals surface area contributed by atoms with Gasteiger partial charge in [0.15, 0.2) is 0 Å². The minimum Gasteiger partial charge on any atom is -0.369 e. The van der Waals surface area contributed by atoms with E-state index in [9.17, 15) is 0 Å². The Morgan fingerprint density at radius 1 is 0.895 bits per heavy atom. The van der Waals surface area contributed by atoms with Crippen LogP contribution in [0.1, 0.15) is 24.5 Å². The molecule has 1 fully saturated rings. The Kier molecular flexibility index (Phi) is 3.62. The lowest BCUT2D eigenvalue weighted by Gasteiger charge is -2.13.